The topological polar surface area (TPSA) is 87.7 Å². The van der Waals surface area contributed by atoms with E-state index in [9.17, 15) is 40.7 Å². The first-order chi connectivity index (χ1) is 18.7. The number of ether oxygens (including phenoxy) is 1. The number of amides is 4. The van der Waals surface area contributed by atoms with Crippen molar-refractivity contribution in [1.82, 2.24) is 15.5 Å². The first-order valence-electron chi connectivity index (χ1n) is 12.6. The van der Waals surface area contributed by atoms with Crippen LogP contribution in [-0.2, 0) is 26.7 Å². The number of likely N-dealkylation sites (tertiary alicyclic amines) is 1. The smallest absolute Gasteiger partial charge is 0.370 e. The summed E-state index contributed by atoms with van der Waals surface area (Å²) in [7, 11) is 0. The summed E-state index contributed by atoms with van der Waals surface area (Å²) in [5.41, 5.74) is -2.30. The van der Waals surface area contributed by atoms with E-state index in [1.165, 1.54) is 6.92 Å². The third-order valence-corrected chi connectivity index (χ3v) is 7.09. The molecule has 2 fully saturated rings. The van der Waals surface area contributed by atoms with Crippen LogP contribution in [0, 0.1) is 0 Å². The van der Waals surface area contributed by atoms with Gasteiger partial charge in [0.15, 0.2) is 0 Å². The molecule has 0 radical (unpaired) electrons. The highest BCUT2D eigenvalue weighted by molar-refractivity contribution is 6.04. The van der Waals surface area contributed by atoms with Gasteiger partial charge in [0.25, 0.3) is 5.91 Å². The van der Waals surface area contributed by atoms with Gasteiger partial charge in [-0.05, 0) is 49.1 Å². The fourth-order valence-electron chi connectivity index (χ4n) is 4.98. The molecular formula is C27H27F6N3O4. The Bertz CT molecular complexity index is 1220. The predicted molar refractivity (Wildman–Crippen MR) is 130 cm³/mol. The average Bonchev–Trinajstić information content (AvgIpc) is 3.23. The maximum Gasteiger partial charge on any atom is 0.416 e. The monoisotopic (exact) mass is 571 g/mol. The predicted octanol–water partition coefficient (Wildman–Crippen LogP) is 5.17. The number of nitrogens with zero attached hydrogens (tertiary/aromatic N) is 1. The fraction of sp³-hybridized carbons (Fsp3) is 0.444. The molecule has 2 aliphatic heterocycles. The number of nitrogens with one attached hydrogen (secondary N) is 2. The second kappa shape index (κ2) is 11.5. The summed E-state index contributed by atoms with van der Waals surface area (Å²) in [5.74, 6) is -1.18. The van der Waals surface area contributed by atoms with Gasteiger partial charge in [-0.15, -0.1) is 0 Å². The van der Waals surface area contributed by atoms with Crippen LogP contribution in [0.15, 0.2) is 48.5 Å². The van der Waals surface area contributed by atoms with Crippen LogP contribution in [0.25, 0.3) is 0 Å². The molecule has 7 nitrogen and oxygen atoms in total. The summed E-state index contributed by atoms with van der Waals surface area (Å²) in [6.07, 6.45) is -11.3. The van der Waals surface area contributed by atoms with Crippen molar-refractivity contribution >= 4 is 17.8 Å². The van der Waals surface area contributed by atoms with Gasteiger partial charge in [-0.25, -0.2) is 4.79 Å². The Kier molecular flexibility index (Phi) is 8.43. The lowest BCUT2D eigenvalue weighted by Crippen LogP contribution is -2.46. The molecule has 1 unspecified atom stereocenters. The average molecular weight is 572 g/mol. The summed E-state index contributed by atoms with van der Waals surface area (Å²) >= 11 is 0. The van der Waals surface area contributed by atoms with Gasteiger partial charge in [0.2, 0.25) is 5.91 Å². The van der Waals surface area contributed by atoms with E-state index in [2.05, 4.69) is 10.6 Å². The van der Waals surface area contributed by atoms with E-state index in [0.717, 1.165) is 5.56 Å². The van der Waals surface area contributed by atoms with Crippen LogP contribution in [0.2, 0.25) is 0 Å². The SMILES string of the molecule is C[C@@H](O[C@H]1CCN(C(=O)CCC2NC(=O)NC2=O)C[C@H]1c1ccccc1)c1cc(C(F)(F)F)cc(C(F)(F)F)c1. The highest BCUT2D eigenvalue weighted by Gasteiger charge is 2.39. The molecule has 4 rings (SSSR count). The van der Waals surface area contributed by atoms with Crippen molar-refractivity contribution in [1.29, 1.82) is 0 Å². The Morgan fingerprint density at radius 1 is 1.02 bits per heavy atom. The van der Waals surface area contributed by atoms with E-state index in [-0.39, 0.29) is 49.9 Å². The third-order valence-electron chi connectivity index (χ3n) is 7.09. The summed E-state index contributed by atoms with van der Waals surface area (Å²) in [5, 5.41) is 4.54. The molecular weight excluding hydrogens is 544 g/mol. The number of imide groups is 1. The number of carbonyl (C=O) groups excluding carboxylic acids is 3. The van der Waals surface area contributed by atoms with Crippen molar-refractivity contribution in [3.05, 3.63) is 70.8 Å². The van der Waals surface area contributed by atoms with E-state index < -0.39 is 59.6 Å². The van der Waals surface area contributed by atoms with Gasteiger partial charge in [-0.2, -0.15) is 26.3 Å². The quantitative estimate of drug-likeness (QED) is 0.355. The number of piperidine rings is 1. The molecule has 0 spiro atoms. The van der Waals surface area contributed by atoms with Crippen molar-refractivity contribution in [3.63, 3.8) is 0 Å². The van der Waals surface area contributed by atoms with Gasteiger partial charge >= 0.3 is 18.4 Å². The van der Waals surface area contributed by atoms with Gasteiger partial charge in [-0.1, -0.05) is 30.3 Å². The largest absolute Gasteiger partial charge is 0.416 e. The summed E-state index contributed by atoms with van der Waals surface area (Å²) < 4.78 is 86.3. The van der Waals surface area contributed by atoms with Gasteiger partial charge in [0.1, 0.15) is 6.04 Å². The first-order valence-corrected chi connectivity index (χ1v) is 12.6. The molecule has 2 N–H and O–H groups in total. The Labute approximate surface area is 225 Å². The molecule has 2 aromatic carbocycles. The first kappa shape index (κ1) is 29.4. The van der Waals surface area contributed by atoms with E-state index in [1.54, 1.807) is 23.1 Å². The highest BCUT2D eigenvalue weighted by atomic mass is 19.4. The van der Waals surface area contributed by atoms with Crippen LogP contribution in [-0.4, -0.2) is 48.0 Å². The van der Waals surface area contributed by atoms with Gasteiger partial charge in [-0.3, -0.25) is 14.9 Å². The zero-order chi connectivity index (χ0) is 29.2. The normalized spacial score (nSPS) is 22.6. The molecule has 0 aromatic heterocycles. The van der Waals surface area contributed by atoms with E-state index in [1.807, 2.05) is 12.1 Å². The Morgan fingerprint density at radius 3 is 2.20 bits per heavy atom. The fourth-order valence-corrected chi connectivity index (χ4v) is 4.98. The Balaban J connectivity index is 1.51. The van der Waals surface area contributed by atoms with Crippen molar-refractivity contribution in [2.24, 2.45) is 0 Å². The van der Waals surface area contributed by atoms with E-state index >= 15 is 0 Å². The van der Waals surface area contributed by atoms with Gasteiger partial charge < -0.3 is 15.0 Å². The second-order valence-electron chi connectivity index (χ2n) is 9.86. The van der Waals surface area contributed by atoms with Gasteiger partial charge in [0, 0.05) is 25.4 Å². The van der Waals surface area contributed by atoms with Crippen molar-refractivity contribution in [2.45, 2.75) is 62.7 Å². The molecule has 2 heterocycles. The number of halogens is 6. The van der Waals surface area contributed by atoms with Gasteiger partial charge in [0.05, 0.1) is 23.3 Å². The molecule has 4 amide bonds. The number of carbonyl (C=O) groups is 3. The minimum absolute atomic E-state index is 0.00768. The summed E-state index contributed by atoms with van der Waals surface area (Å²) in [6.45, 7) is 1.83. The standard InChI is InChI=1S/C27H27F6N3O4/c1-15(17-11-18(26(28,29)30)13-19(12-17)27(31,32)33)40-22-9-10-36(14-20(22)16-5-3-2-4-6-16)23(37)8-7-21-24(38)35-25(39)34-21/h2-6,11-13,15,20-22H,7-10,14H2,1H3,(H2,34,35,38,39)/t15-,20+,21?,22+/m1/s1. The number of rotatable bonds is 7. The van der Waals surface area contributed by atoms with Crippen LogP contribution in [0.4, 0.5) is 31.1 Å². The van der Waals surface area contributed by atoms with Crippen LogP contribution in [0.5, 0.6) is 0 Å². The number of alkyl halides is 6. The zero-order valence-electron chi connectivity index (χ0n) is 21.3. The Morgan fingerprint density at radius 2 is 1.65 bits per heavy atom. The van der Waals surface area contributed by atoms with E-state index in [0.29, 0.717) is 12.1 Å². The molecule has 2 saturated heterocycles. The minimum atomic E-state index is -4.98. The molecule has 2 aliphatic rings. The molecule has 216 valence electrons. The number of urea groups is 1. The van der Waals surface area contributed by atoms with Crippen LogP contribution < -0.4 is 10.6 Å². The van der Waals surface area contributed by atoms with E-state index in [4.69, 9.17) is 4.74 Å². The molecule has 40 heavy (non-hydrogen) atoms. The number of hydrogen-bond acceptors (Lipinski definition) is 4. The van der Waals surface area contributed by atoms with Crippen LogP contribution in [0.3, 0.4) is 0 Å². The maximum atomic E-state index is 13.4. The molecule has 13 heteroatoms. The molecule has 0 bridgehead atoms. The van der Waals surface area contributed by atoms with Crippen LogP contribution in [0.1, 0.15) is 60.5 Å². The summed E-state index contributed by atoms with van der Waals surface area (Å²) in [4.78, 5) is 37.6. The van der Waals surface area contributed by atoms with Crippen molar-refractivity contribution in [2.75, 3.05) is 13.1 Å². The number of hydrogen-bond donors (Lipinski definition) is 2. The molecule has 0 aliphatic carbocycles. The maximum absolute atomic E-state index is 13.4. The minimum Gasteiger partial charge on any atom is -0.370 e. The molecule has 4 atom stereocenters. The van der Waals surface area contributed by atoms with Crippen molar-refractivity contribution < 1.29 is 45.5 Å². The second-order valence-corrected chi connectivity index (χ2v) is 9.86. The summed E-state index contributed by atoms with van der Waals surface area (Å²) in [6, 6.07) is 8.93. The highest BCUT2D eigenvalue weighted by Crippen LogP contribution is 2.39. The number of benzene rings is 2. The lowest BCUT2D eigenvalue weighted by atomic mass is 9.87. The Hall–Kier alpha value is -3.61. The van der Waals surface area contributed by atoms with Crippen molar-refractivity contribution in [3.8, 4) is 0 Å². The zero-order valence-corrected chi connectivity index (χ0v) is 21.3. The lowest BCUT2D eigenvalue weighted by molar-refractivity contribution is -0.143. The lowest BCUT2D eigenvalue weighted by Gasteiger charge is -2.40. The molecule has 0 saturated carbocycles. The van der Waals surface area contributed by atoms with Crippen LogP contribution >= 0.6 is 0 Å². The molecule has 2 aromatic rings. The third kappa shape index (κ3) is 6.93.